The summed E-state index contributed by atoms with van der Waals surface area (Å²) in [5, 5.41) is 17.8. The minimum absolute atomic E-state index is 0.0218. The fourth-order valence-electron chi connectivity index (χ4n) is 3.59. The number of aryl methyl sites for hydroxylation is 1. The molecule has 3 heterocycles. The quantitative estimate of drug-likeness (QED) is 0.335. The van der Waals surface area contributed by atoms with E-state index in [2.05, 4.69) is 10.3 Å². The number of benzene rings is 1. The summed E-state index contributed by atoms with van der Waals surface area (Å²) in [6.45, 7) is 0.699. The highest BCUT2D eigenvalue weighted by atomic mass is 35.5. The van der Waals surface area contributed by atoms with Gasteiger partial charge in [-0.05, 0) is 42.8 Å². The van der Waals surface area contributed by atoms with Crippen LogP contribution in [0.1, 0.15) is 28.2 Å². The molecular formula is C24H24ClN5O3S. The molecule has 3 aromatic heterocycles. The summed E-state index contributed by atoms with van der Waals surface area (Å²) in [6, 6.07) is 14.1. The molecule has 1 N–H and O–H groups in total. The van der Waals surface area contributed by atoms with Crippen LogP contribution in [-0.4, -0.2) is 50.7 Å². The number of thiophene rings is 1. The first-order valence-electron chi connectivity index (χ1n) is 10.8. The Hall–Kier alpha value is -3.27. The first kappa shape index (κ1) is 23.9. The molecule has 10 heteroatoms. The Kier molecular flexibility index (Phi) is 7.56. The highest BCUT2D eigenvalue weighted by molar-refractivity contribution is 7.18. The predicted octanol–water partition coefficient (Wildman–Crippen LogP) is 3.77. The van der Waals surface area contributed by atoms with Crippen LogP contribution in [0, 0.1) is 0 Å². The van der Waals surface area contributed by atoms with E-state index in [0.29, 0.717) is 40.7 Å². The molecule has 0 saturated heterocycles. The number of aromatic nitrogens is 4. The maximum absolute atomic E-state index is 12.4. The van der Waals surface area contributed by atoms with Crippen molar-refractivity contribution in [1.29, 1.82) is 0 Å². The Balaban J connectivity index is 1.60. The van der Waals surface area contributed by atoms with Crippen molar-refractivity contribution in [2.75, 3.05) is 25.1 Å². The van der Waals surface area contributed by atoms with Crippen molar-refractivity contribution in [2.45, 2.75) is 19.3 Å². The minimum atomic E-state index is -0.126. The molecule has 0 amide bonds. The topological polar surface area (TPSA) is 93.2 Å². The molecule has 0 fully saturated rings. The van der Waals surface area contributed by atoms with E-state index in [1.54, 1.807) is 39.7 Å². The van der Waals surface area contributed by atoms with Crippen LogP contribution in [0.25, 0.3) is 11.4 Å². The van der Waals surface area contributed by atoms with Crippen molar-refractivity contribution in [1.82, 2.24) is 19.6 Å². The zero-order chi connectivity index (χ0) is 24.1. The first-order valence-corrected chi connectivity index (χ1v) is 12.0. The van der Waals surface area contributed by atoms with Gasteiger partial charge >= 0.3 is 0 Å². The number of carbonyl (C=O) groups is 1. The summed E-state index contributed by atoms with van der Waals surface area (Å²) >= 11 is 7.20. The average molecular weight is 498 g/mol. The van der Waals surface area contributed by atoms with Crippen molar-refractivity contribution in [3.8, 4) is 11.4 Å². The summed E-state index contributed by atoms with van der Waals surface area (Å²) in [5.41, 5.74) is 2.91. The van der Waals surface area contributed by atoms with Crippen molar-refractivity contribution in [2.24, 2.45) is 0 Å². The number of halogens is 1. The number of nitrogens with zero attached hydrogens (tertiary/aromatic N) is 5. The molecule has 34 heavy (non-hydrogen) atoms. The van der Waals surface area contributed by atoms with Crippen LogP contribution in [0.4, 0.5) is 5.69 Å². The third-order valence-corrected chi connectivity index (χ3v) is 6.64. The second-order valence-electron chi connectivity index (χ2n) is 7.76. The van der Waals surface area contributed by atoms with Gasteiger partial charge in [0.1, 0.15) is 0 Å². The number of hydrogen-bond acceptors (Lipinski definition) is 7. The molecule has 4 aromatic rings. The summed E-state index contributed by atoms with van der Waals surface area (Å²) in [7, 11) is 1.93. The minimum Gasteiger partial charge on any atom is -0.396 e. The van der Waals surface area contributed by atoms with Gasteiger partial charge in [-0.15, -0.1) is 16.4 Å². The maximum atomic E-state index is 12.4. The lowest BCUT2D eigenvalue weighted by atomic mass is 10.1. The summed E-state index contributed by atoms with van der Waals surface area (Å²) in [5.74, 6) is 0.0218. The highest BCUT2D eigenvalue weighted by Gasteiger charge is 2.15. The third-order valence-electron chi connectivity index (χ3n) is 5.37. The van der Waals surface area contributed by atoms with Crippen LogP contribution in [-0.2, 0) is 6.42 Å². The van der Waals surface area contributed by atoms with Gasteiger partial charge in [0.15, 0.2) is 5.78 Å². The molecule has 8 nitrogen and oxygen atoms in total. The number of aliphatic hydroxyl groups is 1. The predicted molar refractivity (Wildman–Crippen MR) is 134 cm³/mol. The number of Topliss-reactive ketones (excluding diaryl/α,β-unsaturated/α-hetero) is 1. The molecule has 0 atom stereocenters. The largest absolute Gasteiger partial charge is 0.396 e. The van der Waals surface area contributed by atoms with E-state index >= 15 is 0 Å². The van der Waals surface area contributed by atoms with Gasteiger partial charge in [-0.2, -0.15) is 0 Å². The van der Waals surface area contributed by atoms with Gasteiger partial charge in [0, 0.05) is 45.3 Å². The number of hydrogen-bond donors (Lipinski definition) is 1. The van der Waals surface area contributed by atoms with Gasteiger partial charge in [0.05, 0.1) is 38.2 Å². The smallest absolute Gasteiger partial charge is 0.255 e. The lowest BCUT2D eigenvalue weighted by molar-refractivity contribution is 0.0986. The van der Waals surface area contributed by atoms with Gasteiger partial charge in [-0.25, -0.2) is 4.68 Å². The zero-order valence-corrected chi connectivity index (χ0v) is 20.2. The van der Waals surface area contributed by atoms with Gasteiger partial charge in [-0.3, -0.25) is 14.2 Å². The van der Waals surface area contributed by atoms with Crippen molar-refractivity contribution in [3.05, 3.63) is 86.2 Å². The molecule has 0 aliphatic heterocycles. The zero-order valence-electron chi connectivity index (χ0n) is 18.6. The van der Waals surface area contributed by atoms with E-state index in [9.17, 15) is 14.7 Å². The Morgan fingerprint density at radius 1 is 1.21 bits per heavy atom. The molecule has 0 radical (unpaired) electrons. The molecule has 0 aliphatic carbocycles. The number of pyridine rings is 1. The van der Waals surface area contributed by atoms with Crippen molar-refractivity contribution in [3.63, 3.8) is 0 Å². The van der Waals surface area contributed by atoms with E-state index in [0.717, 1.165) is 17.1 Å². The maximum Gasteiger partial charge on any atom is 0.255 e. The number of anilines is 1. The van der Waals surface area contributed by atoms with Crippen molar-refractivity contribution >= 4 is 34.4 Å². The van der Waals surface area contributed by atoms with E-state index in [4.69, 9.17) is 11.6 Å². The van der Waals surface area contributed by atoms with Gasteiger partial charge in [0.2, 0.25) is 0 Å². The lowest BCUT2D eigenvalue weighted by Gasteiger charge is -2.23. The van der Waals surface area contributed by atoms with E-state index in [1.807, 2.05) is 36.3 Å². The molecule has 0 aliphatic rings. The number of carbonyl (C=O) groups excluding carboxylic acids is 1. The van der Waals surface area contributed by atoms with Crippen LogP contribution < -0.4 is 10.5 Å². The molecule has 1 aromatic carbocycles. The fourth-order valence-corrected chi connectivity index (χ4v) is 4.60. The Morgan fingerprint density at radius 2 is 2.06 bits per heavy atom. The van der Waals surface area contributed by atoms with Crippen LogP contribution in [0.2, 0.25) is 4.34 Å². The van der Waals surface area contributed by atoms with E-state index in [-0.39, 0.29) is 17.9 Å². The molecule has 0 bridgehead atoms. The van der Waals surface area contributed by atoms with E-state index < -0.39 is 0 Å². The normalized spacial score (nSPS) is 11.0. The molecule has 176 valence electrons. The molecule has 0 saturated carbocycles. The number of rotatable bonds is 10. The molecular weight excluding hydrogens is 474 g/mol. The van der Waals surface area contributed by atoms with Gasteiger partial charge in [0.25, 0.3) is 5.56 Å². The Bertz CT molecular complexity index is 1350. The van der Waals surface area contributed by atoms with Crippen LogP contribution in [0.5, 0.6) is 0 Å². The van der Waals surface area contributed by atoms with Crippen LogP contribution >= 0.6 is 22.9 Å². The Labute approximate surface area is 205 Å². The summed E-state index contributed by atoms with van der Waals surface area (Å²) in [4.78, 5) is 27.4. The second kappa shape index (κ2) is 10.8. The van der Waals surface area contributed by atoms with Crippen molar-refractivity contribution < 1.29 is 9.90 Å². The van der Waals surface area contributed by atoms with Crippen LogP contribution in [0.15, 0.2) is 65.7 Å². The SMILES string of the molecule is CN(CCCO)c1cc(-n2ccccc2=O)ccc1-n1cc(CCC(=O)c2ccc(Cl)s2)nn1. The molecule has 0 spiro atoms. The van der Waals surface area contributed by atoms with Gasteiger partial charge in [-0.1, -0.05) is 22.9 Å². The number of aliphatic hydroxyl groups excluding tert-OH is 1. The third kappa shape index (κ3) is 5.44. The van der Waals surface area contributed by atoms with Crippen LogP contribution in [0.3, 0.4) is 0 Å². The molecule has 0 unspecified atom stereocenters. The standard InChI is InChI=1S/C24H24ClN5O3S/c1-28(12-4-14-31)20-15-18(29-13-3-2-5-24(29)33)7-8-19(20)30-16-17(26-27-30)6-9-21(32)22-10-11-23(25)34-22/h2-3,5,7-8,10-11,13,15-16,31H,4,6,9,12,14H2,1H3. The average Bonchev–Trinajstić information content (AvgIpc) is 3.50. The number of ketones is 1. The summed E-state index contributed by atoms with van der Waals surface area (Å²) < 4.78 is 3.83. The lowest BCUT2D eigenvalue weighted by Crippen LogP contribution is -2.22. The fraction of sp³-hybridized carbons (Fsp3) is 0.250. The summed E-state index contributed by atoms with van der Waals surface area (Å²) in [6.07, 6.45) is 4.90. The molecule has 4 rings (SSSR count). The second-order valence-corrected chi connectivity index (χ2v) is 9.48. The highest BCUT2D eigenvalue weighted by Crippen LogP contribution is 2.27. The Morgan fingerprint density at radius 3 is 2.79 bits per heavy atom. The van der Waals surface area contributed by atoms with E-state index in [1.165, 1.54) is 17.4 Å². The first-order chi connectivity index (χ1) is 16.5. The van der Waals surface area contributed by atoms with Gasteiger partial charge < -0.3 is 10.0 Å². The monoisotopic (exact) mass is 497 g/mol.